The lowest BCUT2D eigenvalue weighted by molar-refractivity contribution is 0.600. The van der Waals surface area contributed by atoms with Crippen LogP contribution in [0.5, 0.6) is 0 Å². The maximum Gasteiger partial charge on any atom is 0.191 e. The summed E-state index contributed by atoms with van der Waals surface area (Å²) < 4.78 is 2.33. The monoisotopic (exact) mass is 508 g/mol. The van der Waals surface area contributed by atoms with E-state index >= 15 is 0 Å². The summed E-state index contributed by atoms with van der Waals surface area (Å²) in [5.74, 6) is 3.16. The molecule has 29 heavy (non-hydrogen) atoms. The van der Waals surface area contributed by atoms with Crippen LogP contribution in [0.4, 0.5) is 0 Å². The van der Waals surface area contributed by atoms with Crippen molar-refractivity contribution in [1.29, 1.82) is 0 Å². The molecule has 0 saturated heterocycles. The number of aliphatic imine (C=N–C) groups is 1. The van der Waals surface area contributed by atoms with E-state index < -0.39 is 0 Å². The Hall–Kier alpha value is -1.64. The van der Waals surface area contributed by atoms with Crippen LogP contribution in [0.15, 0.2) is 35.3 Å². The summed E-state index contributed by atoms with van der Waals surface area (Å²) in [5, 5.41) is 15.7. The first kappa shape index (κ1) is 22.1. The Labute approximate surface area is 191 Å². The van der Waals surface area contributed by atoms with Crippen LogP contribution in [0.1, 0.15) is 56.2 Å². The Balaban J connectivity index is 0.00000240. The Morgan fingerprint density at radius 1 is 1.10 bits per heavy atom. The van der Waals surface area contributed by atoms with Gasteiger partial charge in [0.2, 0.25) is 0 Å². The molecule has 2 N–H and O–H groups in total. The van der Waals surface area contributed by atoms with Gasteiger partial charge in [0.05, 0.1) is 6.54 Å². The molecule has 1 aliphatic heterocycles. The van der Waals surface area contributed by atoms with Crippen LogP contribution < -0.4 is 10.6 Å². The summed E-state index contributed by atoms with van der Waals surface area (Å²) in [7, 11) is 0. The third kappa shape index (κ3) is 5.49. The van der Waals surface area contributed by atoms with Crippen LogP contribution in [-0.2, 0) is 24.8 Å². The van der Waals surface area contributed by atoms with E-state index in [1.165, 1.54) is 37.7 Å². The molecule has 0 spiro atoms. The SMILES string of the molecule is CCNC(=NCC1(c2ccccc2)CC1)NCCc1nnc2n1CCCCC2.I. The van der Waals surface area contributed by atoms with Crippen LogP contribution >= 0.6 is 24.0 Å². The third-order valence-corrected chi connectivity index (χ3v) is 5.95. The van der Waals surface area contributed by atoms with Crippen LogP contribution in [0, 0.1) is 0 Å². The molecule has 4 rings (SSSR count). The van der Waals surface area contributed by atoms with Gasteiger partial charge >= 0.3 is 0 Å². The van der Waals surface area contributed by atoms with Gasteiger partial charge in [0, 0.05) is 37.9 Å². The van der Waals surface area contributed by atoms with Crippen molar-refractivity contribution < 1.29 is 0 Å². The molecule has 1 fully saturated rings. The zero-order valence-corrected chi connectivity index (χ0v) is 19.7. The molecule has 0 amide bonds. The van der Waals surface area contributed by atoms with E-state index in [9.17, 15) is 0 Å². The molecule has 1 saturated carbocycles. The number of hydrogen-bond donors (Lipinski definition) is 2. The molecular formula is C22H33IN6. The number of nitrogens with zero attached hydrogens (tertiary/aromatic N) is 4. The van der Waals surface area contributed by atoms with Gasteiger partial charge in [-0.15, -0.1) is 34.2 Å². The molecule has 0 radical (unpaired) electrons. The minimum Gasteiger partial charge on any atom is -0.357 e. The largest absolute Gasteiger partial charge is 0.357 e. The standard InChI is InChI=1S/C22H32N6.HI/c1-2-23-21(25-17-22(13-14-22)18-9-5-3-6-10-18)24-15-12-20-27-26-19-11-7-4-8-16-28(19)20;/h3,5-6,9-10H,2,4,7-8,11-17H2,1H3,(H2,23,24,25);1H. The average molecular weight is 508 g/mol. The summed E-state index contributed by atoms with van der Waals surface area (Å²) in [6, 6.07) is 10.8. The molecular weight excluding hydrogens is 475 g/mol. The Bertz CT molecular complexity index is 797. The van der Waals surface area contributed by atoms with Gasteiger partial charge < -0.3 is 15.2 Å². The van der Waals surface area contributed by atoms with Crippen molar-refractivity contribution in [1.82, 2.24) is 25.4 Å². The van der Waals surface area contributed by atoms with Gasteiger partial charge in [-0.1, -0.05) is 36.8 Å². The lowest BCUT2D eigenvalue weighted by Crippen LogP contribution is -2.39. The number of aryl methyl sites for hydroxylation is 1. The van der Waals surface area contributed by atoms with Crippen LogP contribution in [0.3, 0.4) is 0 Å². The fourth-order valence-corrected chi connectivity index (χ4v) is 4.08. The molecule has 0 unspecified atom stereocenters. The van der Waals surface area contributed by atoms with E-state index in [1.807, 2.05) is 0 Å². The quantitative estimate of drug-likeness (QED) is 0.342. The number of benzene rings is 1. The van der Waals surface area contributed by atoms with Crippen LogP contribution in [0.25, 0.3) is 0 Å². The van der Waals surface area contributed by atoms with E-state index in [0.29, 0.717) is 0 Å². The summed E-state index contributed by atoms with van der Waals surface area (Å²) in [4.78, 5) is 4.90. The van der Waals surface area contributed by atoms with Crippen molar-refractivity contribution in [3.05, 3.63) is 47.5 Å². The maximum atomic E-state index is 4.90. The first-order valence-corrected chi connectivity index (χ1v) is 10.8. The Kier molecular flexibility index (Phi) is 7.91. The normalized spacial score (nSPS) is 17.6. The predicted octanol–water partition coefficient (Wildman–Crippen LogP) is 3.45. The number of aromatic nitrogens is 3. The van der Waals surface area contributed by atoms with Crippen molar-refractivity contribution in [2.45, 2.75) is 63.8 Å². The second-order valence-electron chi connectivity index (χ2n) is 8.01. The molecule has 1 aromatic carbocycles. The molecule has 0 bridgehead atoms. The van der Waals surface area contributed by atoms with E-state index in [0.717, 1.165) is 56.6 Å². The number of guanidine groups is 1. The molecule has 2 heterocycles. The minimum atomic E-state index is 0. The number of hydrogen-bond acceptors (Lipinski definition) is 3. The molecule has 0 atom stereocenters. The molecule has 1 aromatic heterocycles. The molecule has 6 nitrogen and oxygen atoms in total. The zero-order chi connectivity index (χ0) is 19.2. The number of halogens is 1. The molecule has 1 aliphatic carbocycles. The highest BCUT2D eigenvalue weighted by Crippen LogP contribution is 2.48. The van der Waals surface area contributed by atoms with Gasteiger partial charge in [-0.05, 0) is 38.2 Å². The van der Waals surface area contributed by atoms with Gasteiger partial charge in [0.25, 0.3) is 0 Å². The summed E-state index contributed by atoms with van der Waals surface area (Å²) >= 11 is 0. The van der Waals surface area contributed by atoms with Gasteiger partial charge in [-0.3, -0.25) is 4.99 Å². The number of rotatable bonds is 7. The summed E-state index contributed by atoms with van der Waals surface area (Å²) in [5.41, 5.74) is 1.66. The molecule has 2 aliphatic rings. The fraction of sp³-hybridized carbons (Fsp3) is 0.591. The number of nitrogens with one attached hydrogen (secondary N) is 2. The van der Waals surface area contributed by atoms with Crippen molar-refractivity contribution in [3.63, 3.8) is 0 Å². The second-order valence-corrected chi connectivity index (χ2v) is 8.01. The number of fused-ring (bicyclic) bond motifs is 1. The smallest absolute Gasteiger partial charge is 0.191 e. The first-order valence-electron chi connectivity index (χ1n) is 10.8. The minimum absolute atomic E-state index is 0. The van der Waals surface area contributed by atoms with Crippen molar-refractivity contribution in [2.75, 3.05) is 19.6 Å². The maximum absolute atomic E-state index is 4.90. The van der Waals surface area contributed by atoms with E-state index in [4.69, 9.17) is 4.99 Å². The lowest BCUT2D eigenvalue weighted by atomic mass is 9.96. The molecule has 2 aromatic rings. The summed E-state index contributed by atoms with van der Waals surface area (Å²) in [6.45, 7) is 5.70. The Morgan fingerprint density at radius 2 is 1.93 bits per heavy atom. The van der Waals surface area contributed by atoms with E-state index in [2.05, 4.69) is 62.7 Å². The average Bonchev–Trinajstić information content (AvgIpc) is 3.48. The van der Waals surface area contributed by atoms with Gasteiger partial charge in [0.15, 0.2) is 5.96 Å². The second kappa shape index (κ2) is 10.4. The first-order chi connectivity index (χ1) is 13.8. The van der Waals surface area contributed by atoms with Crippen LogP contribution in [-0.4, -0.2) is 40.4 Å². The van der Waals surface area contributed by atoms with E-state index in [1.54, 1.807) is 0 Å². The van der Waals surface area contributed by atoms with Crippen LogP contribution in [0.2, 0.25) is 0 Å². The topological polar surface area (TPSA) is 67.1 Å². The zero-order valence-electron chi connectivity index (χ0n) is 17.4. The summed E-state index contributed by atoms with van der Waals surface area (Å²) in [6.07, 6.45) is 8.15. The highest BCUT2D eigenvalue weighted by atomic mass is 127. The Morgan fingerprint density at radius 3 is 2.69 bits per heavy atom. The lowest BCUT2D eigenvalue weighted by Gasteiger charge is -2.16. The van der Waals surface area contributed by atoms with Crippen molar-refractivity contribution in [2.24, 2.45) is 4.99 Å². The highest BCUT2D eigenvalue weighted by molar-refractivity contribution is 14.0. The van der Waals surface area contributed by atoms with E-state index in [-0.39, 0.29) is 29.4 Å². The van der Waals surface area contributed by atoms with Gasteiger partial charge in [-0.2, -0.15) is 0 Å². The molecule has 158 valence electrons. The van der Waals surface area contributed by atoms with Crippen molar-refractivity contribution in [3.8, 4) is 0 Å². The fourth-order valence-electron chi connectivity index (χ4n) is 4.08. The van der Waals surface area contributed by atoms with Gasteiger partial charge in [-0.25, -0.2) is 0 Å². The van der Waals surface area contributed by atoms with Gasteiger partial charge in [0.1, 0.15) is 11.6 Å². The van der Waals surface area contributed by atoms with Crippen molar-refractivity contribution >= 4 is 29.9 Å². The third-order valence-electron chi connectivity index (χ3n) is 5.95. The highest BCUT2D eigenvalue weighted by Gasteiger charge is 2.43. The predicted molar refractivity (Wildman–Crippen MR) is 128 cm³/mol. The molecule has 7 heteroatoms.